The summed E-state index contributed by atoms with van der Waals surface area (Å²) in [5.74, 6) is 0.754. The summed E-state index contributed by atoms with van der Waals surface area (Å²) in [5, 5.41) is 7.64. The van der Waals surface area contributed by atoms with Gasteiger partial charge in [0.25, 0.3) is 5.95 Å². The quantitative estimate of drug-likeness (QED) is 0.924. The van der Waals surface area contributed by atoms with Gasteiger partial charge in [0.2, 0.25) is 11.2 Å². The summed E-state index contributed by atoms with van der Waals surface area (Å²) in [6, 6.07) is 0. The van der Waals surface area contributed by atoms with Crippen molar-refractivity contribution in [3.63, 3.8) is 0 Å². The summed E-state index contributed by atoms with van der Waals surface area (Å²) in [6.07, 6.45) is 4.06. The molecule has 0 radical (unpaired) electrons. The highest BCUT2D eigenvalue weighted by molar-refractivity contribution is 6.30. The normalized spacial score (nSPS) is 10.5. The van der Waals surface area contributed by atoms with Crippen LogP contribution < -0.4 is 5.32 Å². The Morgan fingerprint density at radius 2 is 2.12 bits per heavy atom. The largest absolute Gasteiger partial charge is 0.354 e. The maximum absolute atomic E-state index is 5.81. The first-order chi connectivity index (χ1) is 8.19. The summed E-state index contributed by atoms with van der Waals surface area (Å²) in [6.45, 7) is 2.81. The van der Waals surface area contributed by atoms with Crippen molar-refractivity contribution in [2.75, 3.05) is 11.9 Å². The van der Waals surface area contributed by atoms with Gasteiger partial charge in [-0.1, -0.05) is 18.5 Å². The number of halogens is 2. The molecule has 1 N–H and O–H groups in total. The van der Waals surface area contributed by atoms with E-state index in [1.54, 1.807) is 6.20 Å². The predicted molar refractivity (Wildman–Crippen MR) is 65.7 cm³/mol. The van der Waals surface area contributed by atoms with E-state index in [2.05, 4.69) is 25.4 Å². The molecule has 2 aromatic rings. The van der Waals surface area contributed by atoms with Crippen LogP contribution in [0.1, 0.15) is 13.3 Å². The van der Waals surface area contributed by atoms with Crippen LogP contribution in [0.5, 0.6) is 0 Å². The Labute approximate surface area is 108 Å². The van der Waals surface area contributed by atoms with Gasteiger partial charge < -0.3 is 5.32 Å². The Balaban J connectivity index is 2.31. The number of rotatable bonds is 4. The molecular formula is C9H10Cl2N6. The fourth-order valence-electron chi connectivity index (χ4n) is 1.17. The number of hydrogen-bond donors (Lipinski definition) is 1. The summed E-state index contributed by atoms with van der Waals surface area (Å²) >= 11 is 11.6. The topological polar surface area (TPSA) is 68.5 Å². The van der Waals surface area contributed by atoms with Gasteiger partial charge in [0.1, 0.15) is 0 Å². The zero-order chi connectivity index (χ0) is 12.3. The highest BCUT2D eigenvalue weighted by Gasteiger charge is 2.07. The van der Waals surface area contributed by atoms with Crippen molar-refractivity contribution in [3.05, 3.63) is 22.7 Å². The first kappa shape index (κ1) is 12.1. The van der Waals surface area contributed by atoms with Crippen LogP contribution in [0, 0.1) is 0 Å². The summed E-state index contributed by atoms with van der Waals surface area (Å²) in [4.78, 5) is 12.1. The van der Waals surface area contributed by atoms with Crippen LogP contribution in [0.25, 0.3) is 5.95 Å². The Kier molecular flexibility index (Phi) is 3.75. The third-order valence-corrected chi connectivity index (χ3v) is 2.25. The highest BCUT2D eigenvalue weighted by atomic mass is 35.5. The van der Waals surface area contributed by atoms with Gasteiger partial charge in [0.15, 0.2) is 0 Å². The lowest BCUT2D eigenvalue weighted by Gasteiger charge is -2.05. The molecule has 0 aromatic carbocycles. The minimum atomic E-state index is 0.111. The van der Waals surface area contributed by atoms with Gasteiger partial charge in [0, 0.05) is 6.54 Å². The molecule has 0 fully saturated rings. The van der Waals surface area contributed by atoms with Crippen LogP contribution >= 0.6 is 23.2 Å². The van der Waals surface area contributed by atoms with Gasteiger partial charge in [-0.3, -0.25) is 0 Å². The van der Waals surface area contributed by atoms with Crippen molar-refractivity contribution >= 4 is 29.2 Å². The van der Waals surface area contributed by atoms with E-state index in [0.717, 1.165) is 13.0 Å². The van der Waals surface area contributed by atoms with E-state index >= 15 is 0 Å². The van der Waals surface area contributed by atoms with Crippen molar-refractivity contribution in [2.45, 2.75) is 13.3 Å². The number of anilines is 1. The molecule has 0 saturated heterocycles. The number of aromatic nitrogens is 5. The average Bonchev–Trinajstić information content (AvgIpc) is 2.72. The minimum absolute atomic E-state index is 0.111. The molecule has 6 nitrogen and oxygen atoms in total. The van der Waals surface area contributed by atoms with Crippen molar-refractivity contribution in [1.82, 2.24) is 24.7 Å². The van der Waals surface area contributed by atoms with Gasteiger partial charge in [-0.05, 0) is 18.0 Å². The molecule has 2 aromatic heterocycles. The first-order valence-corrected chi connectivity index (χ1v) is 5.80. The molecule has 0 bridgehead atoms. The molecular weight excluding hydrogens is 263 g/mol. The van der Waals surface area contributed by atoms with Crippen molar-refractivity contribution in [1.29, 1.82) is 0 Å². The third kappa shape index (κ3) is 3.04. The van der Waals surface area contributed by atoms with Crippen LogP contribution in [-0.4, -0.2) is 31.3 Å². The van der Waals surface area contributed by atoms with Gasteiger partial charge in [-0.25, -0.2) is 4.68 Å². The molecule has 90 valence electrons. The van der Waals surface area contributed by atoms with Crippen LogP contribution in [-0.2, 0) is 0 Å². The average molecular weight is 273 g/mol. The second kappa shape index (κ2) is 5.29. The smallest absolute Gasteiger partial charge is 0.256 e. The first-order valence-electron chi connectivity index (χ1n) is 5.05. The molecule has 0 saturated carbocycles. The molecule has 0 atom stereocenters. The Hall–Kier alpha value is -1.40. The molecule has 2 heterocycles. The highest BCUT2D eigenvalue weighted by Crippen LogP contribution is 2.12. The second-order valence-corrected chi connectivity index (χ2v) is 4.03. The van der Waals surface area contributed by atoms with E-state index in [1.807, 2.05) is 6.92 Å². The van der Waals surface area contributed by atoms with E-state index in [4.69, 9.17) is 23.2 Å². The lowest BCUT2D eigenvalue weighted by atomic mass is 10.5. The van der Waals surface area contributed by atoms with Crippen LogP contribution in [0.2, 0.25) is 10.3 Å². The van der Waals surface area contributed by atoms with Gasteiger partial charge in [-0.2, -0.15) is 20.1 Å². The molecule has 2 rings (SSSR count). The van der Waals surface area contributed by atoms with Gasteiger partial charge >= 0.3 is 0 Å². The molecule has 0 unspecified atom stereocenters. The van der Waals surface area contributed by atoms with Crippen LogP contribution in [0.4, 0.5) is 5.95 Å². The minimum Gasteiger partial charge on any atom is -0.354 e. The van der Waals surface area contributed by atoms with Crippen molar-refractivity contribution in [3.8, 4) is 5.95 Å². The monoisotopic (exact) mass is 272 g/mol. The lowest BCUT2D eigenvalue weighted by molar-refractivity contribution is 0.793. The standard InChI is InChI=1S/C9H10Cl2N6/c1-2-3-12-8-14-7(11)15-9(16-8)17-5-6(10)4-13-17/h4-5H,2-3H2,1H3,(H,12,14,15,16). The number of nitrogens with zero attached hydrogens (tertiary/aromatic N) is 5. The lowest BCUT2D eigenvalue weighted by Crippen LogP contribution is -2.09. The molecule has 0 spiro atoms. The zero-order valence-electron chi connectivity index (χ0n) is 9.06. The zero-order valence-corrected chi connectivity index (χ0v) is 10.6. The van der Waals surface area contributed by atoms with Crippen LogP contribution in [0.3, 0.4) is 0 Å². The Morgan fingerprint density at radius 1 is 1.29 bits per heavy atom. The van der Waals surface area contributed by atoms with E-state index < -0.39 is 0 Å². The van der Waals surface area contributed by atoms with Crippen molar-refractivity contribution in [2.24, 2.45) is 0 Å². The molecule has 17 heavy (non-hydrogen) atoms. The predicted octanol–water partition coefficient (Wildman–Crippen LogP) is 2.19. The van der Waals surface area contributed by atoms with Crippen molar-refractivity contribution < 1.29 is 0 Å². The molecule has 8 heteroatoms. The summed E-state index contributed by atoms with van der Waals surface area (Å²) in [5.41, 5.74) is 0. The fraction of sp³-hybridized carbons (Fsp3) is 0.333. The Bertz CT molecular complexity index is 512. The Morgan fingerprint density at radius 3 is 2.76 bits per heavy atom. The molecule has 0 aliphatic rings. The van der Waals surface area contributed by atoms with E-state index in [1.165, 1.54) is 10.9 Å². The second-order valence-electron chi connectivity index (χ2n) is 3.26. The third-order valence-electron chi connectivity index (χ3n) is 1.89. The molecule has 0 aliphatic carbocycles. The number of hydrogen-bond acceptors (Lipinski definition) is 5. The van der Waals surface area contributed by atoms with E-state index in [9.17, 15) is 0 Å². The summed E-state index contributed by atoms with van der Waals surface area (Å²) in [7, 11) is 0. The van der Waals surface area contributed by atoms with Crippen LogP contribution in [0.15, 0.2) is 12.4 Å². The fourth-order valence-corrected chi connectivity index (χ4v) is 1.46. The van der Waals surface area contributed by atoms with Gasteiger partial charge in [-0.15, -0.1) is 0 Å². The SMILES string of the molecule is CCCNc1nc(Cl)nc(-n2cc(Cl)cn2)n1. The molecule has 0 amide bonds. The van der Waals surface area contributed by atoms with Gasteiger partial charge in [0.05, 0.1) is 17.4 Å². The van der Waals surface area contributed by atoms with E-state index in [-0.39, 0.29) is 5.28 Å². The summed E-state index contributed by atoms with van der Waals surface area (Å²) < 4.78 is 1.44. The maximum Gasteiger partial charge on any atom is 0.256 e. The maximum atomic E-state index is 5.81. The molecule has 0 aliphatic heterocycles. The number of nitrogens with one attached hydrogen (secondary N) is 1. The van der Waals surface area contributed by atoms with E-state index in [0.29, 0.717) is 16.9 Å².